The van der Waals surface area contributed by atoms with Gasteiger partial charge in [0.2, 0.25) is 0 Å². The van der Waals surface area contributed by atoms with E-state index in [0.29, 0.717) is 0 Å². The molecule has 11 nitrogen and oxygen atoms in total. The molecule has 4 aliphatic rings. The summed E-state index contributed by atoms with van der Waals surface area (Å²) in [4.78, 5) is 0. The van der Waals surface area contributed by atoms with Gasteiger partial charge >= 0.3 is 0 Å². The highest BCUT2D eigenvalue weighted by Crippen LogP contribution is 2.40. The number of aliphatic hydroxyl groups is 6. The van der Waals surface area contributed by atoms with Crippen LogP contribution in [-0.4, -0.2) is 115 Å². The van der Waals surface area contributed by atoms with E-state index in [2.05, 4.69) is 5.32 Å². The molecular weight excluding hydrogens is 390 g/mol. The van der Waals surface area contributed by atoms with Crippen LogP contribution in [0.4, 0.5) is 0 Å². The second-order valence-corrected chi connectivity index (χ2v) is 9.29. The van der Waals surface area contributed by atoms with Crippen molar-refractivity contribution in [3.8, 4) is 0 Å². The first-order chi connectivity index (χ1) is 13.3. The summed E-state index contributed by atoms with van der Waals surface area (Å²) in [6.07, 6.45) is -12.0. The third-order valence-electron chi connectivity index (χ3n) is 6.23. The Morgan fingerprint density at radius 1 is 0.483 bits per heavy atom. The van der Waals surface area contributed by atoms with E-state index in [0.717, 1.165) is 0 Å². The van der Waals surface area contributed by atoms with Crippen molar-refractivity contribution < 1.29 is 49.6 Å². The molecule has 0 radical (unpaired) electrons. The van der Waals surface area contributed by atoms with E-state index in [1.165, 1.54) is 0 Å². The van der Waals surface area contributed by atoms with Crippen molar-refractivity contribution in [3.63, 3.8) is 0 Å². The zero-order chi connectivity index (χ0) is 21.5. The molecule has 168 valence electrons. The molecule has 2 aliphatic heterocycles. The van der Waals surface area contributed by atoms with Crippen molar-refractivity contribution in [3.05, 3.63) is 0 Å². The normalized spacial score (nSPS) is 56.1. The van der Waals surface area contributed by atoms with Gasteiger partial charge in [0.15, 0.2) is 11.6 Å². The van der Waals surface area contributed by atoms with Gasteiger partial charge < -0.3 is 54.9 Å². The maximum Gasteiger partial charge on any atom is 0.164 e. The molecule has 4 fully saturated rings. The summed E-state index contributed by atoms with van der Waals surface area (Å²) in [6, 6.07) is -2.34. The molecule has 7 N–H and O–H groups in total. The molecule has 0 unspecified atom stereocenters. The van der Waals surface area contributed by atoms with E-state index in [1.807, 2.05) is 0 Å². The predicted octanol–water partition coefficient (Wildman–Crippen LogP) is -3.45. The van der Waals surface area contributed by atoms with Crippen molar-refractivity contribution in [2.24, 2.45) is 0 Å². The Kier molecular flexibility index (Phi) is 5.29. The molecule has 29 heavy (non-hydrogen) atoms. The zero-order valence-corrected chi connectivity index (χ0v) is 16.7. The standard InChI is InChI=1S/C18H31NO10/c1-17(2)26-13-9(22)5(7(20)11(24)15(13)28-17)19-6-8(21)12(25)16-14(10(6)23)27-18(3,4)29-16/h5-16,19-25H,1-4H3/t5-,6-,7-,8-,9+,10+,11-,12-,13-,14-,15+,16+/m0/s1. The van der Waals surface area contributed by atoms with E-state index in [9.17, 15) is 30.6 Å². The summed E-state index contributed by atoms with van der Waals surface area (Å²) in [5.74, 6) is -2.11. The number of nitrogens with one attached hydrogen (secondary N) is 1. The van der Waals surface area contributed by atoms with Crippen molar-refractivity contribution in [2.45, 2.75) is 112 Å². The lowest BCUT2D eigenvalue weighted by Crippen LogP contribution is -2.73. The second-order valence-electron chi connectivity index (χ2n) is 9.29. The maximum atomic E-state index is 10.8. The molecule has 11 heteroatoms. The van der Waals surface area contributed by atoms with Gasteiger partial charge in [-0.3, -0.25) is 0 Å². The summed E-state index contributed by atoms with van der Waals surface area (Å²) in [5, 5.41) is 66.5. The van der Waals surface area contributed by atoms with Gasteiger partial charge in [0.25, 0.3) is 0 Å². The number of aliphatic hydroxyl groups excluding tert-OH is 6. The molecule has 0 bridgehead atoms. The minimum atomic E-state index is -1.48. The number of rotatable bonds is 2. The van der Waals surface area contributed by atoms with Crippen molar-refractivity contribution in [2.75, 3.05) is 0 Å². The average molecular weight is 421 g/mol. The average Bonchev–Trinajstić information content (AvgIpc) is 3.13. The van der Waals surface area contributed by atoms with Crippen LogP contribution in [0.25, 0.3) is 0 Å². The van der Waals surface area contributed by atoms with Crippen LogP contribution in [0.3, 0.4) is 0 Å². The van der Waals surface area contributed by atoms with Gasteiger partial charge in [0.1, 0.15) is 61.0 Å². The minimum absolute atomic E-state index is 0.929. The highest BCUT2D eigenvalue weighted by Gasteiger charge is 2.61. The van der Waals surface area contributed by atoms with Gasteiger partial charge in [-0.05, 0) is 27.7 Å². The summed E-state index contributed by atoms with van der Waals surface area (Å²) in [7, 11) is 0. The number of hydrogen-bond donors (Lipinski definition) is 7. The molecule has 2 saturated carbocycles. The highest BCUT2D eigenvalue weighted by atomic mass is 16.8. The lowest BCUT2D eigenvalue weighted by molar-refractivity contribution is -0.177. The van der Waals surface area contributed by atoms with Crippen LogP contribution in [0.2, 0.25) is 0 Å². The van der Waals surface area contributed by atoms with E-state index < -0.39 is 84.7 Å². The van der Waals surface area contributed by atoms with E-state index >= 15 is 0 Å². The number of hydrogen-bond acceptors (Lipinski definition) is 11. The van der Waals surface area contributed by atoms with Crippen LogP contribution < -0.4 is 5.32 Å². The van der Waals surface area contributed by atoms with Crippen molar-refractivity contribution >= 4 is 0 Å². The molecule has 2 heterocycles. The molecule has 12 atom stereocenters. The van der Waals surface area contributed by atoms with Crippen molar-refractivity contribution in [1.29, 1.82) is 0 Å². The SMILES string of the molecule is CC1(C)O[C@@H]2[C@@H](O)[C@@H](O)[C@H](N[C@H]3[C@H](O)[C@H](O)[C@H]4OC(C)(C)O[C@H]4[C@@H]3O)[C@@H](O)[C@@H]2O1. The molecule has 0 aromatic rings. The van der Waals surface area contributed by atoms with Gasteiger partial charge in [0, 0.05) is 0 Å². The Balaban J connectivity index is 1.55. The summed E-state index contributed by atoms with van der Waals surface area (Å²) < 4.78 is 22.5. The molecule has 0 spiro atoms. The first kappa shape index (κ1) is 21.8. The topological polar surface area (TPSA) is 170 Å². The first-order valence-corrected chi connectivity index (χ1v) is 9.89. The monoisotopic (exact) mass is 421 g/mol. The number of ether oxygens (including phenoxy) is 4. The Morgan fingerprint density at radius 3 is 1.07 bits per heavy atom. The van der Waals surface area contributed by atoms with Crippen LogP contribution in [0.1, 0.15) is 27.7 Å². The quantitative estimate of drug-likeness (QED) is 0.236. The highest BCUT2D eigenvalue weighted by molar-refractivity contribution is 5.11. The largest absolute Gasteiger partial charge is 0.389 e. The van der Waals surface area contributed by atoms with E-state index in [-0.39, 0.29) is 0 Å². The Labute approximate surface area is 168 Å². The van der Waals surface area contributed by atoms with Gasteiger partial charge in [0.05, 0.1) is 12.1 Å². The Hall–Kier alpha value is -0.440. The molecule has 0 aromatic heterocycles. The summed E-state index contributed by atoms with van der Waals surface area (Å²) in [5.41, 5.74) is 0. The van der Waals surface area contributed by atoms with E-state index in [1.54, 1.807) is 27.7 Å². The first-order valence-electron chi connectivity index (χ1n) is 9.89. The van der Waals surface area contributed by atoms with Crippen LogP contribution in [0.5, 0.6) is 0 Å². The van der Waals surface area contributed by atoms with Gasteiger partial charge in [-0.1, -0.05) is 0 Å². The van der Waals surface area contributed by atoms with Crippen LogP contribution in [0, 0.1) is 0 Å². The fourth-order valence-electron chi connectivity index (χ4n) is 4.93. The fourth-order valence-corrected chi connectivity index (χ4v) is 4.93. The van der Waals surface area contributed by atoms with Gasteiger partial charge in [-0.2, -0.15) is 0 Å². The lowest BCUT2D eigenvalue weighted by Gasteiger charge is -2.47. The molecule has 0 aromatic carbocycles. The molecule has 0 amide bonds. The maximum absolute atomic E-state index is 10.8. The van der Waals surface area contributed by atoms with Crippen LogP contribution >= 0.6 is 0 Å². The fraction of sp³-hybridized carbons (Fsp3) is 1.00. The summed E-state index contributed by atoms with van der Waals surface area (Å²) >= 11 is 0. The lowest BCUT2D eigenvalue weighted by atomic mass is 9.79. The molecule has 2 saturated heterocycles. The second kappa shape index (κ2) is 7.04. The molecule has 2 aliphatic carbocycles. The van der Waals surface area contributed by atoms with Gasteiger partial charge in [-0.25, -0.2) is 0 Å². The third kappa shape index (κ3) is 3.52. The zero-order valence-electron chi connectivity index (χ0n) is 16.7. The number of fused-ring (bicyclic) bond motifs is 2. The minimum Gasteiger partial charge on any atom is -0.389 e. The Bertz CT molecular complexity index is 580. The van der Waals surface area contributed by atoms with Gasteiger partial charge in [-0.15, -0.1) is 0 Å². The Morgan fingerprint density at radius 2 is 0.759 bits per heavy atom. The van der Waals surface area contributed by atoms with E-state index in [4.69, 9.17) is 18.9 Å². The van der Waals surface area contributed by atoms with Crippen LogP contribution in [0.15, 0.2) is 0 Å². The summed E-state index contributed by atoms with van der Waals surface area (Å²) in [6.45, 7) is 6.52. The molecule has 4 rings (SSSR count). The van der Waals surface area contributed by atoms with Crippen molar-refractivity contribution in [1.82, 2.24) is 5.32 Å². The van der Waals surface area contributed by atoms with Crippen LogP contribution in [-0.2, 0) is 18.9 Å². The molecular formula is C18H31NO10. The predicted molar refractivity (Wildman–Crippen MR) is 94.4 cm³/mol. The smallest absolute Gasteiger partial charge is 0.164 e. The third-order valence-corrected chi connectivity index (χ3v) is 6.23.